The van der Waals surface area contributed by atoms with Gasteiger partial charge in [-0.25, -0.2) is 4.98 Å². The molecule has 0 unspecified atom stereocenters. The molecule has 23 heavy (non-hydrogen) atoms. The van der Waals surface area contributed by atoms with Gasteiger partial charge in [0.15, 0.2) is 0 Å². The molecule has 0 aliphatic carbocycles. The van der Waals surface area contributed by atoms with Gasteiger partial charge >= 0.3 is 0 Å². The van der Waals surface area contributed by atoms with Crippen molar-refractivity contribution in [2.75, 3.05) is 19.0 Å². The Balaban J connectivity index is 2.17. The van der Waals surface area contributed by atoms with Gasteiger partial charge in [-0.3, -0.25) is 9.20 Å². The number of aromatic nitrogens is 2. The van der Waals surface area contributed by atoms with Crippen LogP contribution in [0.3, 0.4) is 0 Å². The molecule has 1 amide bonds. The predicted octanol–water partition coefficient (Wildman–Crippen LogP) is 3.55. The van der Waals surface area contributed by atoms with Gasteiger partial charge in [0.05, 0.1) is 0 Å². The van der Waals surface area contributed by atoms with Crippen molar-refractivity contribution >= 4 is 29.0 Å². The maximum absolute atomic E-state index is 12.0. The molecule has 1 N–H and O–H groups in total. The number of hydrogen-bond donors (Lipinski definition) is 1. The summed E-state index contributed by atoms with van der Waals surface area (Å²) in [7, 11) is 1.48. The molecule has 0 aliphatic heterocycles. The number of benzene rings is 1. The van der Waals surface area contributed by atoms with Crippen molar-refractivity contribution in [3.8, 4) is 11.3 Å². The Hall–Kier alpha value is -2.37. The number of amides is 1. The van der Waals surface area contributed by atoms with Crippen molar-refractivity contribution in [2.24, 2.45) is 0 Å². The molecule has 0 saturated carbocycles. The molecule has 3 rings (SSSR count). The second-order valence-corrected chi connectivity index (χ2v) is 5.67. The molecule has 118 valence electrons. The largest absolute Gasteiger partial charge is 0.375 e. The summed E-state index contributed by atoms with van der Waals surface area (Å²) in [6.07, 6.45) is 1.88. The molecule has 3 aromatic rings. The van der Waals surface area contributed by atoms with E-state index in [0.29, 0.717) is 16.5 Å². The number of carbonyl (C=O) groups excluding carboxylic acids is 1. The van der Waals surface area contributed by atoms with E-state index in [1.54, 1.807) is 6.07 Å². The number of halogens is 1. The van der Waals surface area contributed by atoms with Crippen molar-refractivity contribution in [2.45, 2.75) is 6.92 Å². The fourth-order valence-electron chi connectivity index (χ4n) is 2.40. The van der Waals surface area contributed by atoms with Gasteiger partial charge in [-0.1, -0.05) is 23.7 Å². The molecule has 6 heteroatoms. The smallest absolute Gasteiger partial charge is 0.251 e. The fraction of sp³-hybridized carbons (Fsp3) is 0.176. The highest BCUT2D eigenvalue weighted by Crippen LogP contribution is 2.30. The van der Waals surface area contributed by atoms with E-state index >= 15 is 0 Å². The fourth-order valence-corrected chi connectivity index (χ4v) is 2.59. The van der Waals surface area contributed by atoms with Crippen LogP contribution in [-0.4, -0.2) is 29.0 Å². The molecule has 0 radical (unpaired) electrons. The van der Waals surface area contributed by atoms with Crippen LogP contribution in [0.25, 0.3) is 16.9 Å². The lowest BCUT2D eigenvalue weighted by Gasteiger charge is -2.07. The van der Waals surface area contributed by atoms with E-state index in [9.17, 15) is 4.79 Å². The van der Waals surface area contributed by atoms with Crippen LogP contribution in [-0.2, 0) is 9.53 Å². The minimum absolute atomic E-state index is 0.0198. The first-order valence-corrected chi connectivity index (χ1v) is 7.49. The summed E-state index contributed by atoms with van der Waals surface area (Å²) >= 11 is 6.08. The maximum Gasteiger partial charge on any atom is 0.251 e. The summed E-state index contributed by atoms with van der Waals surface area (Å²) in [5.41, 5.74) is 3.36. The number of carbonyl (C=O) groups is 1. The number of anilines is 1. The zero-order valence-corrected chi connectivity index (χ0v) is 13.6. The van der Waals surface area contributed by atoms with Gasteiger partial charge in [-0.2, -0.15) is 0 Å². The normalized spacial score (nSPS) is 10.9. The lowest BCUT2D eigenvalue weighted by atomic mass is 10.1. The molecule has 0 fully saturated rings. The summed E-state index contributed by atoms with van der Waals surface area (Å²) in [4.78, 5) is 16.6. The van der Waals surface area contributed by atoms with E-state index in [1.165, 1.54) is 7.11 Å². The van der Waals surface area contributed by atoms with E-state index in [1.807, 2.05) is 47.9 Å². The number of rotatable bonds is 4. The molecule has 0 atom stereocenters. The van der Waals surface area contributed by atoms with Crippen molar-refractivity contribution < 1.29 is 9.53 Å². The van der Waals surface area contributed by atoms with Crippen LogP contribution in [0.15, 0.2) is 42.6 Å². The Morgan fingerprint density at radius 3 is 2.91 bits per heavy atom. The summed E-state index contributed by atoms with van der Waals surface area (Å²) in [6.45, 7) is 1.98. The number of nitrogens with one attached hydrogen (secondary N) is 1. The third-order valence-corrected chi connectivity index (χ3v) is 3.65. The van der Waals surface area contributed by atoms with Crippen LogP contribution in [0.4, 0.5) is 5.82 Å². The first-order valence-electron chi connectivity index (χ1n) is 7.12. The number of hydrogen-bond acceptors (Lipinski definition) is 3. The Morgan fingerprint density at radius 1 is 1.35 bits per heavy atom. The monoisotopic (exact) mass is 329 g/mol. The topological polar surface area (TPSA) is 55.6 Å². The van der Waals surface area contributed by atoms with Crippen LogP contribution in [0.1, 0.15) is 5.56 Å². The average molecular weight is 330 g/mol. The predicted molar refractivity (Wildman–Crippen MR) is 90.9 cm³/mol. The highest BCUT2D eigenvalue weighted by molar-refractivity contribution is 6.30. The van der Waals surface area contributed by atoms with Gasteiger partial charge in [-0.15, -0.1) is 0 Å². The second-order valence-electron chi connectivity index (χ2n) is 5.23. The number of aryl methyl sites for hydroxylation is 1. The summed E-state index contributed by atoms with van der Waals surface area (Å²) < 4.78 is 6.73. The minimum atomic E-state index is -0.238. The molecule has 5 nitrogen and oxygen atoms in total. The van der Waals surface area contributed by atoms with E-state index in [-0.39, 0.29) is 12.5 Å². The van der Waals surface area contributed by atoms with Crippen LogP contribution in [0.5, 0.6) is 0 Å². The van der Waals surface area contributed by atoms with Crippen LogP contribution in [0.2, 0.25) is 5.02 Å². The van der Waals surface area contributed by atoms with E-state index in [4.69, 9.17) is 16.3 Å². The van der Waals surface area contributed by atoms with Crippen LogP contribution < -0.4 is 5.32 Å². The Bertz CT molecular complexity index is 873. The number of imidazole rings is 1. The summed E-state index contributed by atoms with van der Waals surface area (Å²) in [6, 6.07) is 11.3. The number of methoxy groups -OCH3 is 1. The third-order valence-electron chi connectivity index (χ3n) is 3.41. The van der Waals surface area contributed by atoms with Gasteiger partial charge in [-0.05, 0) is 36.8 Å². The second kappa shape index (κ2) is 6.40. The molecule has 0 bridgehead atoms. The zero-order valence-electron chi connectivity index (χ0n) is 12.8. The lowest BCUT2D eigenvalue weighted by molar-refractivity contribution is -0.119. The van der Waals surface area contributed by atoms with Gasteiger partial charge < -0.3 is 10.1 Å². The number of ether oxygens (including phenoxy) is 1. The Morgan fingerprint density at radius 2 is 2.17 bits per heavy atom. The van der Waals surface area contributed by atoms with E-state index in [2.05, 4.69) is 10.3 Å². The van der Waals surface area contributed by atoms with Gasteiger partial charge in [0, 0.05) is 23.9 Å². The van der Waals surface area contributed by atoms with E-state index < -0.39 is 0 Å². The molecule has 2 heterocycles. The van der Waals surface area contributed by atoms with Gasteiger partial charge in [0.2, 0.25) is 0 Å². The maximum atomic E-state index is 12.0. The van der Waals surface area contributed by atoms with Crippen LogP contribution >= 0.6 is 11.6 Å². The first-order chi connectivity index (χ1) is 11.1. The van der Waals surface area contributed by atoms with Crippen molar-refractivity contribution in [1.29, 1.82) is 0 Å². The molecule has 2 aromatic heterocycles. The van der Waals surface area contributed by atoms with Crippen molar-refractivity contribution in [3.63, 3.8) is 0 Å². The SMILES string of the molecule is COCC(=O)Nc1c(-c2cccc(Cl)c2)nc2cc(C)ccn12. The number of pyridine rings is 1. The van der Waals surface area contributed by atoms with E-state index in [0.717, 1.165) is 16.8 Å². The highest BCUT2D eigenvalue weighted by Gasteiger charge is 2.16. The standard InChI is InChI=1S/C17H16ClN3O2/c1-11-6-7-21-14(8-11)19-16(12-4-3-5-13(18)9-12)17(21)20-15(22)10-23-2/h3-9H,10H2,1-2H3,(H,20,22). The summed E-state index contributed by atoms with van der Waals surface area (Å²) in [5, 5.41) is 3.48. The lowest BCUT2D eigenvalue weighted by Crippen LogP contribution is -2.18. The Kier molecular flexibility index (Phi) is 4.32. The minimum Gasteiger partial charge on any atom is -0.375 e. The Labute approximate surface area is 138 Å². The molecular formula is C17H16ClN3O2. The molecule has 0 saturated heterocycles. The number of nitrogens with zero attached hydrogens (tertiary/aromatic N) is 2. The third kappa shape index (κ3) is 3.21. The highest BCUT2D eigenvalue weighted by atomic mass is 35.5. The quantitative estimate of drug-likeness (QED) is 0.796. The van der Waals surface area contributed by atoms with Crippen molar-refractivity contribution in [1.82, 2.24) is 9.38 Å². The molecule has 1 aromatic carbocycles. The van der Waals surface area contributed by atoms with Crippen LogP contribution in [0, 0.1) is 6.92 Å². The van der Waals surface area contributed by atoms with Crippen molar-refractivity contribution in [3.05, 3.63) is 53.2 Å². The molecule has 0 aliphatic rings. The molecular weight excluding hydrogens is 314 g/mol. The molecule has 0 spiro atoms. The van der Waals surface area contributed by atoms with Gasteiger partial charge in [0.1, 0.15) is 23.8 Å². The number of fused-ring (bicyclic) bond motifs is 1. The van der Waals surface area contributed by atoms with Gasteiger partial charge in [0.25, 0.3) is 5.91 Å². The average Bonchev–Trinajstić information content (AvgIpc) is 2.85. The summed E-state index contributed by atoms with van der Waals surface area (Å²) in [5.74, 6) is 0.363. The zero-order chi connectivity index (χ0) is 16.4. The first kappa shape index (κ1) is 15.5.